The van der Waals surface area contributed by atoms with Crippen LogP contribution in [0.15, 0.2) is 42.5 Å². The Morgan fingerprint density at radius 1 is 1.21 bits per heavy atom. The van der Waals surface area contributed by atoms with E-state index in [0.29, 0.717) is 31.2 Å². The van der Waals surface area contributed by atoms with E-state index in [1.165, 1.54) is 5.56 Å². The van der Waals surface area contributed by atoms with Gasteiger partial charge in [0.2, 0.25) is 5.91 Å². The van der Waals surface area contributed by atoms with Crippen LogP contribution in [0.4, 0.5) is 0 Å². The lowest BCUT2D eigenvalue weighted by molar-refractivity contribution is -0.133. The highest BCUT2D eigenvalue weighted by Gasteiger charge is 2.39. The number of hydrogen-bond donors (Lipinski definition) is 2. The summed E-state index contributed by atoms with van der Waals surface area (Å²) in [5.74, 6) is 0.939. The Hall–Kier alpha value is -3.23. The second-order valence-electron chi connectivity index (χ2n) is 9.24. The first-order valence-electron chi connectivity index (χ1n) is 11.9. The van der Waals surface area contributed by atoms with E-state index >= 15 is 0 Å². The standard InChI is InChI=1S/C26H30N4O4/c1-34-13-12-30-23-5-3-2-4-22(23)27-24(30)16-29-11-10-21(26(29)32)19-8-6-18-15-20(25(31)28-33)9-7-17(18)14-19/h2-5,7,9,15,19,21,33H,6,8,10-14,16H2,1H3,(H,28,31). The van der Waals surface area contributed by atoms with Crippen LogP contribution in [0.1, 0.15) is 40.2 Å². The molecule has 2 heterocycles. The number of fused-ring (bicyclic) bond motifs is 2. The minimum atomic E-state index is -0.497. The molecule has 0 radical (unpaired) electrons. The fourth-order valence-electron chi connectivity index (χ4n) is 5.54. The van der Waals surface area contributed by atoms with Crippen molar-refractivity contribution >= 4 is 22.8 Å². The third-order valence-corrected chi connectivity index (χ3v) is 7.33. The van der Waals surface area contributed by atoms with Gasteiger partial charge in [0.1, 0.15) is 5.82 Å². The smallest absolute Gasteiger partial charge is 0.274 e. The Labute approximate surface area is 198 Å². The van der Waals surface area contributed by atoms with E-state index in [2.05, 4.69) is 10.6 Å². The zero-order valence-electron chi connectivity index (χ0n) is 19.4. The van der Waals surface area contributed by atoms with Crippen molar-refractivity contribution < 1.29 is 19.5 Å². The predicted molar refractivity (Wildman–Crippen MR) is 126 cm³/mol. The van der Waals surface area contributed by atoms with Crippen LogP contribution in [0.3, 0.4) is 0 Å². The van der Waals surface area contributed by atoms with Crippen LogP contribution in [-0.2, 0) is 35.5 Å². The van der Waals surface area contributed by atoms with Gasteiger partial charge in [0, 0.05) is 31.7 Å². The molecule has 0 spiro atoms. The predicted octanol–water partition coefficient (Wildman–Crippen LogP) is 2.96. The van der Waals surface area contributed by atoms with Gasteiger partial charge in [0.05, 0.1) is 24.2 Å². The zero-order chi connectivity index (χ0) is 23.7. The fourth-order valence-corrected chi connectivity index (χ4v) is 5.54. The number of para-hydroxylation sites is 2. The molecule has 178 valence electrons. The number of aryl methyl sites for hydroxylation is 1. The number of carbonyl (C=O) groups excluding carboxylic acids is 2. The molecule has 5 rings (SSSR count). The van der Waals surface area contributed by atoms with E-state index in [-0.39, 0.29) is 11.8 Å². The molecule has 2 amide bonds. The highest BCUT2D eigenvalue weighted by Crippen LogP contribution is 2.36. The molecule has 0 bridgehead atoms. The minimum absolute atomic E-state index is 0.0189. The van der Waals surface area contributed by atoms with Gasteiger partial charge in [-0.25, -0.2) is 10.5 Å². The van der Waals surface area contributed by atoms with Gasteiger partial charge in [0.15, 0.2) is 0 Å². The van der Waals surface area contributed by atoms with Crippen LogP contribution in [0.25, 0.3) is 11.0 Å². The third kappa shape index (κ3) is 4.19. The number of methoxy groups -OCH3 is 1. The molecule has 8 heteroatoms. The Kier molecular flexibility index (Phi) is 6.34. The quantitative estimate of drug-likeness (QED) is 0.416. The SMILES string of the molecule is COCCn1c(CN2CCC(C3CCc4cc(C(=O)NO)ccc4C3)C2=O)nc2ccccc21. The molecule has 1 saturated heterocycles. The molecule has 1 aromatic heterocycles. The summed E-state index contributed by atoms with van der Waals surface area (Å²) >= 11 is 0. The van der Waals surface area contributed by atoms with Gasteiger partial charge < -0.3 is 14.2 Å². The number of likely N-dealkylation sites (tertiary alicyclic amines) is 1. The van der Waals surface area contributed by atoms with Gasteiger partial charge in [-0.2, -0.15) is 0 Å². The summed E-state index contributed by atoms with van der Waals surface area (Å²) in [5.41, 5.74) is 6.48. The van der Waals surface area contributed by atoms with Crippen molar-refractivity contribution in [3.05, 3.63) is 65.0 Å². The molecule has 2 aliphatic rings. The summed E-state index contributed by atoms with van der Waals surface area (Å²) in [6.07, 6.45) is 3.46. The molecule has 8 nitrogen and oxygen atoms in total. The summed E-state index contributed by atoms with van der Waals surface area (Å²) in [7, 11) is 1.69. The normalized spacial score (nSPS) is 20.1. The van der Waals surface area contributed by atoms with Crippen molar-refractivity contribution in [2.75, 3.05) is 20.3 Å². The number of nitrogens with zero attached hydrogens (tertiary/aromatic N) is 3. The molecule has 1 fully saturated rings. The van der Waals surface area contributed by atoms with E-state index in [4.69, 9.17) is 14.9 Å². The van der Waals surface area contributed by atoms with Gasteiger partial charge in [0.25, 0.3) is 5.91 Å². The van der Waals surface area contributed by atoms with Crippen molar-refractivity contribution in [1.29, 1.82) is 0 Å². The first kappa shape index (κ1) is 22.6. The Balaban J connectivity index is 1.30. The van der Waals surface area contributed by atoms with E-state index in [9.17, 15) is 9.59 Å². The molecular weight excluding hydrogens is 432 g/mol. The summed E-state index contributed by atoms with van der Waals surface area (Å²) in [6, 6.07) is 13.6. The second kappa shape index (κ2) is 9.56. The molecule has 2 aromatic carbocycles. The zero-order valence-corrected chi connectivity index (χ0v) is 19.4. The van der Waals surface area contributed by atoms with Crippen LogP contribution in [-0.4, -0.2) is 51.7 Å². The highest BCUT2D eigenvalue weighted by atomic mass is 16.5. The number of nitrogens with one attached hydrogen (secondary N) is 1. The maximum Gasteiger partial charge on any atom is 0.274 e. The third-order valence-electron chi connectivity index (χ3n) is 7.33. The largest absolute Gasteiger partial charge is 0.383 e. The average Bonchev–Trinajstić information content (AvgIpc) is 3.41. The van der Waals surface area contributed by atoms with E-state index in [1.54, 1.807) is 18.7 Å². The van der Waals surface area contributed by atoms with Crippen molar-refractivity contribution in [3.63, 3.8) is 0 Å². The number of rotatable bonds is 7. The number of aromatic nitrogens is 2. The van der Waals surface area contributed by atoms with Crippen LogP contribution >= 0.6 is 0 Å². The van der Waals surface area contributed by atoms with Gasteiger partial charge in [-0.1, -0.05) is 18.2 Å². The number of benzene rings is 2. The van der Waals surface area contributed by atoms with Gasteiger partial charge in [-0.05, 0) is 67.0 Å². The molecule has 0 saturated carbocycles. The lowest BCUT2D eigenvalue weighted by atomic mass is 9.76. The Morgan fingerprint density at radius 3 is 2.88 bits per heavy atom. The van der Waals surface area contributed by atoms with E-state index in [1.807, 2.05) is 35.2 Å². The monoisotopic (exact) mass is 462 g/mol. The number of amides is 2. The first-order chi connectivity index (χ1) is 16.6. The molecule has 3 aromatic rings. The van der Waals surface area contributed by atoms with Gasteiger partial charge in [-0.15, -0.1) is 0 Å². The van der Waals surface area contributed by atoms with Crippen LogP contribution < -0.4 is 5.48 Å². The van der Waals surface area contributed by atoms with Crippen LogP contribution in [0.5, 0.6) is 0 Å². The van der Waals surface area contributed by atoms with Crippen LogP contribution in [0, 0.1) is 11.8 Å². The average molecular weight is 463 g/mol. The van der Waals surface area contributed by atoms with Crippen molar-refractivity contribution in [2.45, 2.75) is 38.8 Å². The maximum absolute atomic E-state index is 13.4. The highest BCUT2D eigenvalue weighted by molar-refractivity contribution is 5.93. The summed E-state index contributed by atoms with van der Waals surface area (Å²) < 4.78 is 7.46. The van der Waals surface area contributed by atoms with Crippen molar-refractivity contribution in [1.82, 2.24) is 19.9 Å². The van der Waals surface area contributed by atoms with Gasteiger partial charge in [-0.3, -0.25) is 14.8 Å². The number of ether oxygens (including phenoxy) is 1. The number of hydroxylamine groups is 1. The lowest BCUT2D eigenvalue weighted by Crippen LogP contribution is -2.33. The topological polar surface area (TPSA) is 96.7 Å². The van der Waals surface area contributed by atoms with Crippen molar-refractivity contribution in [2.24, 2.45) is 11.8 Å². The van der Waals surface area contributed by atoms with Gasteiger partial charge >= 0.3 is 0 Å². The summed E-state index contributed by atoms with van der Waals surface area (Å²) in [4.78, 5) is 31.9. The number of hydrogen-bond acceptors (Lipinski definition) is 5. The molecule has 2 atom stereocenters. The Morgan fingerprint density at radius 2 is 2.06 bits per heavy atom. The lowest BCUT2D eigenvalue weighted by Gasteiger charge is -2.29. The molecular formula is C26H30N4O4. The fraction of sp³-hybridized carbons (Fsp3) is 0.423. The van der Waals surface area contributed by atoms with Crippen LogP contribution in [0.2, 0.25) is 0 Å². The Bertz CT molecular complexity index is 1220. The number of carbonyl (C=O) groups is 2. The molecule has 1 aliphatic carbocycles. The summed E-state index contributed by atoms with van der Waals surface area (Å²) in [5, 5.41) is 8.88. The molecule has 1 aliphatic heterocycles. The minimum Gasteiger partial charge on any atom is -0.383 e. The maximum atomic E-state index is 13.4. The van der Waals surface area contributed by atoms with E-state index < -0.39 is 5.91 Å². The molecule has 34 heavy (non-hydrogen) atoms. The summed E-state index contributed by atoms with van der Waals surface area (Å²) in [6.45, 7) is 2.55. The second-order valence-corrected chi connectivity index (χ2v) is 9.24. The molecule has 2 N–H and O–H groups in total. The van der Waals surface area contributed by atoms with Crippen molar-refractivity contribution in [3.8, 4) is 0 Å². The number of imidazole rings is 1. The molecule has 2 unspecified atom stereocenters. The first-order valence-corrected chi connectivity index (χ1v) is 11.9. The van der Waals surface area contributed by atoms with E-state index in [0.717, 1.165) is 54.6 Å².